The van der Waals surface area contributed by atoms with Gasteiger partial charge >= 0.3 is 0 Å². The van der Waals surface area contributed by atoms with Gasteiger partial charge in [0.15, 0.2) is 0 Å². The number of aromatic nitrogens is 3. The molecule has 0 aliphatic carbocycles. The molecule has 1 fully saturated rings. The Labute approximate surface area is 123 Å². The Morgan fingerprint density at radius 1 is 1.38 bits per heavy atom. The third-order valence-corrected chi connectivity index (χ3v) is 3.75. The van der Waals surface area contributed by atoms with Crippen LogP contribution in [0.4, 0.5) is 0 Å². The summed E-state index contributed by atoms with van der Waals surface area (Å²) in [6.07, 6.45) is 7.67. The molecule has 0 radical (unpaired) electrons. The predicted molar refractivity (Wildman–Crippen MR) is 78.4 cm³/mol. The average Bonchev–Trinajstić information content (AvgIpc) is 3.07. The number of nitrogens with zero attached hydrogens (tertiary/aromatic N) is 4. The number of hydrogen-bond acceptors (Lipinski definition) is 4. The highest BCUT2D eigenvalue weighted by molar-refractivity contribution is 5.76. The molecule has 1 unspecified atom stereocenters. The molecule has 6 heteroatoms. The zero-order valence-electron chi connectivity index (χ0n) is 11.9. The van der Waals surface area contributed by atoms with E-state index >= 15 is 0 Å². The molecule has 1 aliphatic rings. The molecule has 1 amide bonds. The van der Waals surface area contributed by atoms with Crippen LogP contribution in [0.5, 0.6) is 0 Å². The summed E-state index contributed by atoms with van der Waals surface area (Å²) >= 11 is 0. The fraction of sp³-hybridized carbons (Fsp3) is 0.400. The summed E-state index contributed by atoms with van der Waals surface area (Å²) in [7, 11) is 0. The van der Waals surface area contributed by atoms with Crippen LogP contribution in [-0.4, -0.2) is 45.2 Å². The molecule has 1 atom stereocenters. The quantitative estimate of drug-likeness (QED) is 0.904. The van der Waals surface area contributed by atoms with Crippen molar-refractivity contribution in [2.75, 3.05) is 19.6 Å². The molecule has 2 aromatic rings. The average molecular weight is 285 g/mol. The van der Waals surface area contributed by atoms with E-state index in [2.05, 4.69) is 15.4 Å². The summed E-state index contributed by atoms with van der Waals surface area (Å²) in [5.41, 5.74) is 1.08. The van der Waals surface area contributed by atoms with Gasteiger partial charge in [-0.15, -0.1) is 0 Å². The molecule has 0 spiro atoms. The van der Waals surface area contributed by atoms with Crippen LogP contribution < -0.4 is 5.32 Å². The maximum absolute atomic E-state index is 12.5. The van der Waals surface area contributed by atoms with Gasteiger partial charge in [-0.25, -0.2) is 0 Å². The molecule has 1 N–H and O–H groups in total. The van der Waals surface area contributed by atoms with Crippen LogP contribution in [0.25, 0.3) is 0 Å². The maximum Gasteiger partial charge on any atom is 0.225 e. The van der Waals surface area contributed by atoms with Crippen molar-refractivity contribution in [3.63, 3.8) is 0 Å². The van der Waals surface area contributed by atoms with E-state index in [9.17, 15) is 4.79 Å². The van der Waals surface area contributed by atoms with Crippen molar-refractivity contribution in [3.8, 4) is 0 Å². The van der Waals surface area contributed by atoms with Crippen LogP contribution in [0.2, 0.25) is 0 Å². The van der Waals surface area contributed by atoms with Crippen LogP contribution in [0.3, 0.4) is 0 Å². The molecule has 0 aromatic carbocycles. The lowest BCUT2D eigenvalue weighted by atomic mass is 10.0. The summed E-state index contributed by atoms with van der Waals surface area (Å²) < 4.78 is 1.79. The van der Waals surface area contributed by atoms with E-state index in [0.29, 0.717) is 13.0 Å². The standard InChI is InChI=1S/C15H19N5O/c21-15(4-9-19-8-2-6-18-19)20-10-7-17-12-14(20)13-3-1-5-16-11-13/h1-3,5-6,8,11,14,17H,4,7,9-10,12H2. The molecule has 6 nitrogen and oxygen atoms in total. The van der Waals surface area contributed by atoms with E-state index in [1.54, 1.807) is 17.1 Å². The molecule has 3 heterocycles. The first-order valence-corrected chi connectivity index (χ1v) is 7.22. The van der Waals surface area contributed by atoms with Gasteiger partial charge < -0.3 is 10.2 Å². The van der Waals surface area contributed by atoms with Crippen molar-refractivity contribution in [2.45, 2.75) is 19.0 Å². The molecule has 1 aliphatic heterocycles. The highest BCUT2D eigenvalue weighted by Crippen LogP contribution is 2.22. The van der Waals surface area contributed by atoms with Crippen molar-refractivity contribution >= 4 is 5.91 Å². The Morgan fingerprint density at radius 2 is 2.33 bits per heavy atom. The molecule has 3 rings (SSSR count). The summed E-state index contributed by atoms with van der Waals surface area (Å²) in [5, 5.41) is 7.48. The fourth-order valence-electron chi connectivity index (χ4n) is 2.66. The Morgan fingerprint density at radius 3 is 3.10 bits per heavy atom. The summed E-state index contributed by atoms with van der Waals surface area (Å²) in [5.74, 6) is 0.167. The minimum Gasteiger partial charge on any atom is -0.333 e. The number of hydrogen-bond donors (Lipinski definition) is 1. The van der Waals surface area contributed by atoms with Crippen LogP contribution in [-0.2, 0) is 11.3 Å². The van der Waals surface area contributed by atoms with E-state index in [-0.39, 0.29) is 11.9 Å². The number of carbonyl (C=O) groups is 1. The molecule has 21 heavy (non-hydrogen) atoms. The fourth-order valence-corrected chi connectivity index (χ4v) is 2.66. The van der Waals surface area contributed by atoms with Gasteiger partial charge in [0.25, 0.3) is 0 Å². The van der Waals surface area contributed by atoms with Crippen LogP contribution in [0.1, 0.15) is 18.0 Å². The lowest BCUT2D eigenvalue weighted by Crippen LogP contribution is -2.48. The Hall–Kier alpha value is -2.21. The smallest absolute Gasteiger partial charge is 0.225 e. The zero-order valence-corrected chi connectivity index (χ0v) is 11.9. The van der Waals surface area contributed by atoms with Gasteiger partial charge in [0.2, 0.25) is 5.91 Å². The second-order valence-corrected chi connectivity index (χ2v) is 5.11. The third-order valence-electron chi connectivity index (χ3n) is 3.75. The first-order chi connectivity index (χ1) is 10.3. The van der Waals surface area contributed by atoms with Gasteiger partial charge in [-0.2, -0.15) is 5.10 Å². The summed E-state index contributed by atoms with van der Waals surface area (Å²) in [6, 6.07) is 5.88. The number of rotatable bonds is 4. The zero-order chi connectivity index (χ0) is 14.5. The van der Waals surface area contributed by atoms with Gasteiger partial charge in [0.05, 0.1) is 6.04 Å². The summed E-state index contributed by atoms with van der Waals surface area (Å²) in [6.45, 7) is 2.97. The molecule has 0 bridgehead atoms. The van der Waals surface area contributed by atoms with E-state index in [1.807, 2.05) is 35.5 Å². The molecule has 0 saturated carbocycles. The number of pyridine rings is 1. The lowest BCUT2D eigenvalue weighted by Gasteiger charge is -2.36. The van der Waals surface area contributed by atoms with E-state index in [0.717, 1.165) is 25.2 Å². The monoisotopic (exact) mass is 285 g/mol. The van der Waals surface area contributed by atoms with Crippen molar-refractivity contribution in [1.29, 1.82) is 0 Å². The minimum absolute atomic E-state index is 0.0672. The summed E-state index contributed by atoms with van der Waals surface area (Å²) in [4.78, 5) is 18.6. The van der Waals surface area contributed by atoms with Crippen LogP contribution >= 0.6 is 0 Å². The predicted octanol–water partition coefficient (Wildman–Crippen LogP) is 0.841. The third kappa shape index (κ3) is 3.28. The van der Waals surface area contributed by atoms with Crippen molar-refractivity contribution < 1.29 is 4.79 Å². The Kier molecular flexibility index (Phi) is 4.25. The van der Waals surface area contributed by atoms with Gasteiger partial charge in [0.1, 0.15) is 0 Å². The van der Waals surface area contributed by atoms with Crippen molar-refractivity contribution in [3.05, 3.63) is 48.5 Å². The number of aryl methyl sites for hydroxylation is 1. The van der Waals surface area contributed by atoms with Crippen molar-refractivity contribution in [2.24, 2.45) is 0 Å². The van der Waals surface area contributed by atoms with Gasteiger partial charge in [-0.05, 0) is 17.7 Å². The van der Waals surface area contributed by atoms with E-state index < -0.39 is 0 Å². The number of carbonyl (C=O) groups excluding carboxylic acids is 1. The number of nitrogens with one attached hydrogen (secondary N) is 1. The highest BCUT2D eigenvalue weighted by atomic mass is 16.2. The Bertz CT molecular complexity index is 569. The lowest BCUT2D eigenvalue weighted by molar-refractivity contribution is -0.134. The number of piperazine rings is 1. The Balaban J connectivity index is 1.67. The second kappa shape index (κ2) is 6.49. The SMILES string of the molecule is O=C(CCn1cccn1)N1CCNCC1c1cccnc1. The van der Waals surface area contributed by atoms with E-state index in [4.69, 9.17) is 0 Å². The minimum atomic E-state index is 0.0672. The number of amides is 1. The molecule has 2 aromatic heterocycles. The van der Waals surface area contributed by atoms with Gasteiger partial charge in [-0.1, -0.05) is 6.07 Å². The molecule has 110 valence electrons. The maximum atomic E-state index is 12.5. The van der Waals surface area contributed by atoms with Crippen LogP contribution in [0.15, 0.2) is 43.0 Å². The first kappa shape index (κ1) is 13.8. The molecule has 1 saturated heterocycles. The van der Waals surface area contributed by atoms with Gasteiger partial charge in [0, 0.05) is 57.4 Å². The van der Waals surface area contributed by atoms with Crippen molar-refractivity contribution in [1.82, 2.24) is 25.0 Å². The van der Waals surface area contributed by atoms with Gasteiger partial charge in [-0.3, -0.25) is 14.5 Å². The normalized spacial score (nSPS) is 18.7. The highest BCUT2D eigenvalue weighted by Gasteiger charge is 2.27. The topological polar surface area (TPSA) is 63.1 Å². The molecular weight excluding hydrogens is 266 g/mol. The second-order valence-electron chi connectivity index (χ2n) is 5.11. The largest absolute Gasteiger partial charge is 0.333 e. The molecular formula is C15H19N5O. The first-order valence-electron chi connectivity index (χ1n) is 7.22. The van der Waals surface area contributed by atoms with Crippen LogP contribution in [0, 0.1) is 0 Å². The van der Waals surface area contributed by atoms with E-state index in [1.165, 1.54) is 0 Å².